The van der Waals surface area contributed by atoms with Gasteiger partial charge in [-0.15, -0.1) is 0 Å². The van der Waals surface area contributed by atoms with Crippen LogP contribution in [-0.4, -0.2) is 64.3 Å². The number of anilines is 3. The number of rotatable bonds is 8. The number of nitrogens with one attached hydrogen (secondary N) is 4. The Hall–Kier alpha value is -3.83. The minimum absolute atomic E-state index is 0.0261. The van der Waals surface area contributed by atoms with Gasteiger partial charge in [-0.25, -0.2) is 14.4 Å². The molecule has 0 aliphatic carbocycles. The van der Waals surface area contributed by atoms with Crippen molar-refractivity contribution in [3.63, 3.8) is 0 Å². The van der Waals surface area contributed by atoms with Gasteiger partial charge in [-0.1, -0.05) is 38.4 Å². The molecule has 0 spiro atoms. The van der Waals surface area contributed by atoms with Crippen LogP contribution in [-0.2, 0) is 14.4 Å². The molecule has 10 nitrogen and oxygen atoms in total. The zero-order chi connectivity index (χ0) is 29.9. The molecule has 1 aliphatic rings. The van der Waals surface area contributed by atoms with Crippen LogP contribution in [0.25, 0.3) is 10.9 Å². The molecule has 2 heterocycles. The van der Waals surface area contributed by atoms with Crippen LogP contribution in [0, 0.1) is 11.2 Å². The molecular weight excluding hydrogens is 549 g/mol. The predicted octanol–water partition coefficient (Wildman–Crippen LogP) is 4.23. The van der Waals surface area contributed by atoms with Crippen LogP contribution in [0.4, 0.5) is 21.6 Å². The second-order valence-corrected chi connectivity index (χ2v) is 11.6. The molecule has 1 fully saturated rings. The largest absolute Gasteiger partial charge is 0.342 e. The first-order valence-electron chi connectivity index (χ1n) is 13.5. The van der Waals surface area contributed by atoms with Crippen molar-refractivity contribution < 1.29 is 18.8 Å². The van der Waals surface area contributed by atoms with Gasteiger partial charge in [0.2, 0.25) is 17.7 Å². The molecule has 0 radical (unpaired) electrons. The molecule has 3 aromatic rings. The molecule has 3 amide bonds. The van der Waals surface area contributed by atoms with E-state index in [0.29, 0.717) is 41.8 Å². The van der Waals surface area contributed by atoms with Crippen molar-refractivity contribution in [3.8, 4) is 0 Å². The monoisotopic (exact) mass is 583 g/mol. The van der Waals surface area contributed by atoms with Crippen molar-refractivity contribution in [1.82, 2.24) is 25.5 Å². The number of hydrogen-bond acceptors (Lipinski definition) is 7. The zero-order valence-corrected chi connectivity index (χ0v) is 24.5. The third-order valence-corrected chi connectivity index (χ3v) is 7.46. The number of halogens is 2. The maximum Gasteiger partial charge on any atom is 0.247 e. The van der Waals surface area contributed by atoms with Crippen LogP contribution in [0.3, 0.4) is 0 Å². The van der Waals surface area contributed by atoms with Crippen LogP contribution < -0.4 is 21.3 Å². The summed E-state index contributed by atoms with van der Waals surface area (Å²) in [4.78, 5) is 49.9. The number of likely N-dealkylation sites (tertiary alicyclic amines) is 1. The van der Waals surface area contributed by atoms with Crippen molar-refractivity contribution in [3.05, 3.63) is 53.6 Å². The highest BCUT2D eigenvalue weighted by Crippen LogP contribution is 2.30. The van der Waals surface area contributed by atoms with Gasteiger partial charge in [-0.2, -0.15) is 0 Å². The minimum Gasteiger partial charge on any atom is -0.342 e. The molecule has 0 saturated carbocycles. The van der Waals surface area contributed by atoms with E-state index in [0.717, 1.165) is 0 Å². The first-order valence-corrected chi connectivity index (χ1v) is 13.8. The van der Waals surface area contributed by atoms with Gasteiger partial charge < -0.3 is 26.2 Å². The van der Waals surface area contributed by atoms with E-state index in [1.807, 2.05) is 20.8 Å². The van der Waals surface area contributed by atoms with Gasteiger partial charge in [-0.05, 0) is 62.6 Å². The number of likely N-dealkylation sites (N-methyl/N-ethyl adjacent to an activating group) is 1. The van der Waals surface area contributed by atoms with Crippen molar-refractivity contribution in [1.29, 1.82) is 0 Å². The van der Waals surface area contributed by atoms with Crippen LogP contribution in [0.2, 0.25) is 5.02 Å². The number of carbonyl (C=O) groups excluding carboxylic acids is 3. The van der Waals surface area contributed by atoms with E-state index in [2.05, 4.69) is 31.2 Å². The van der Waals surface area contributed by atoms with Gasteiger partial charge in [0, 0.05) is 17.6 Å². The minimum atomic E-state index is -0.808. The highest BCUT2D eigenvalue weighted by molar-refractivity contribution is 6.31. The number of hydrogen-bond donors (Lipinski definition) is 4. The fraction of sp³-hybridized carbons (Fsp3) is 0.414. The lowest BCUT2D eigenvalue weighted by atomic mass is 9.85. The van der Waals surface area contributed by atoms with Gasteiger partial charge in [0.05, 0.1) is 22.3 Å². The Morgan fingerprint density at radius 2 is 1.90 bits per heavy atom. The summed E-state index contributed by atoms with van der Waals surface area (Å²) in [6, 6.07) is 7.74. The van der Waals surface area contributed by atoms with Gasteiger partial charge in [-0.3, -0.25) is 14.4 Å². The maximum absolute atomic E-state index is 14.5. The molecule has 3 atom stereocenters. The number of amides is 3. The topological polar surface area (TPSA) is 128 Å². The van der Waals surface area contributed by atoms with E-state index in [9.17, 15) is 18.8 Å². The molecule has 4 rings (SSSR count). The van der Waals surface area contributed by atoms with Crippen LogP contribution in [0.5, 0.6) is 0 Å². The Morgan fingerprint density at radius 3 is 2.61 bits per heavy atom. The van der Waals surface area contributed by atoms with E-state index < -0.39 is 29.4 Å². The van der Waals surface area contributed by atoms with Crippen LogP contribution >= 0.6 is 11.6 Å². The highest BCUT2D eigenvalue weighted by atomic mass is 35.5. The van der Waals surface area contributed by atoms with Crippen LogP contribution in [0.15, 0.2) is 42.7 Å². The van der Waals surface area contributed by atoms with Gasteiger partial charge in [0.1, 0.15) is 24.2 Å². The first-order chi connectivity index (χ1) is 19.4. The Bertz CT molecular complexity index is 1460. The molecule has 218 valence electrons. The number of nitrogens with zero attached hydrogens (tertiary/aromatic N) is 3. The molecule has 41 heavy (non-hydrogen) atoms. The molecular formula is C29H35ClFN7O3. The zero-order valence-electron chi connectivity index (χ0n) is 23.7. The van der Waals surface area contributed by atoms with Gasteiger partial charge >= 0.3 is 0 Å². The quantitative estimate of drug-likeness (QED) is 0.312. The van der Waals surface area contributed by atoms with Gasteiger partial charge in [0.25, 0.3) is 0 Å². The number of carbonyl (C=O) groups is 3. The highest BCUT2D eigenvalue weighted by Gasteiger charge is 2.42. The number of benzene rings is 2. The summed E-state index contributed by atoms with van der Waals surface area (Å²) in [6.07, 6.45) is 2.51. The summed E-state index contributed by atoms with van der Waals surface area (Å²) >= 11 is 5.92. The fourth-order valence-corrected chi connectivity index (χ4v) is 4.88. The lowest BCUT2D eigenvalue weighted by Crippen LogP contribution is -2.59. The summed E-state index contributed by atoms with van der Waals surface area (Å²) in [7, 11) is 1.67. The summed E-state index contributed by atoms with van der Waals surface area (Å²) in [6.45, 7) is 7.76. The molecule has 3 unspecified atom stereocenters. The van der Waals surface area contributed by atoms with Crippen molar-refractivity contribution >= 4 is 57.4 Å². The Morgan fingerprint density at radius 1 is 1.15 bits per heavy atom. The number of aromatic nitrogens is 2. The van der Waals surface area contributed by atoms with Gasteiger partial charge in [0.15, 0.2) is 5.82 Å². The summed E-state index contributed by atoms with van der Waals surface area (Å²) in [5.74, 6) is -1.20. The van der Waals surface area contributed by atoms with E-state index in [4.69, 9.17) is 11.6 Å². The summed E-state index contributed by atoms with van der Waals surface area (Å²) < 4.78 is 14.5. The smallest absolute Gasteiger partial charge is 0.247 e. The molecule has 1 aliphatic heterocycles. The average molecular weight is 584 g/mol. The van der Waals surface area contributed by atoms with E-state index in [1.165, 1.54) is 12.4 Å². The fourth-order valence-electron chi connectivity index (χ4n) is 4.70. The Balaban J connectivity index is 1.55. The first kappa shape index (κ1) is 30.1. The van der Waals surface area contributed by atoms with Crippen molar-refractivity contribution in [2.24, 2.45) is 5.41 Å². The molecule has 2 aromatic carbocycles. The average Bonchev–Trinajstić information content (AvgIpc) is 3.43. The third kappa shape index (κ3) is 6.74. The SMILES string of the molecule is CNC(C)C(=O)NC(C(=O)N1CCCC1C(=O)Nc1ccc2ncnc(Nc3cccc(Cl)c3F)c2c1)C(C)(C)C. The van der Waals surface area contributed by atoms with Crippen molar-refractivity contribution in [2.45, 2.75) is 58.7 Å². The summed E-state index contributed by atoms with van der Waals surface area (Å²) in [5, 5.41) is 12.1. The van der Waals surface area contributed by atoms with E-state index in [1.54, 1.807) is 49.2 Å². The normalized spacial score (nSPS) is 16.8. The van der Waals surface area contributed by atoms with Crippen molar-refractivity contribution in [2.75, 3.05) is 24.2 Å². The standard InChI is InChI=1S/C29H35ClFN7O3/c1-16(32-5)26(39)37-24(29(2,3)4)28(41)38-13-7-10-22(38)27(40)35-17-11-12-20-18(14-17)25(34-15-33-20)36-21-9-6-8-19(30)23(21)31/h6,8-9,11-12,14-16,22,24,32H,7,10,13H2,1-5H3,(H,35,40)(H,37,39)(H,33,34,36). The third-order valence-electron chi connectivity index (χ3n) is 7.17. The van der Waals surface area contributed by atoms with Crippen LogP contribution in [0.1, 0.15) is 40.5 Å². The Kier molecular flexibility index (Phi) is 9.08. The molecule has 1 saturated heterocycles. The van der Waals surface area contributed by atoms with E-state index >= 15 is 0 Å². The number of fused-ring (bicyclic) bond motifs is 1. The van der Waals surface area contributed by atoms with E-state index in [-0.39, 0.29) is 28.4 Å². The lowest BCUT2D eigenvalue weighted by molar-refractivity contribution is -0.143. The maximum atomic E-state index is 14.5. The summed E-state index contributed by atoms with van der Waals surface area (Å²) in [5.41, 5.74) is 0.625. The Labute approximate surface area is 243 Å². The second-order valence-electron chi connectivity index (χ2n) is 11.2. The lowest BCUT2D eigenvalue weighted by Gasteiger charge is -2.36. The molecule has 1 aromatic heterocycles. The predicted molar refractivity (Wildman–Crippen MR) is 158 cm³/mol. The second kappa shape index (κ2) is 12.4. The molecule has 12 heteroatoms. The molecule has 4 N–H and O–H groups in total. The molecule has 0 bridgehead atoms.